The van der Waals surface area contributed by atoms with Crippen molar-refractivity contribution in [3.05, 3.63) is 17.5 Å². The van der Waals surface area contributed by atoms with Crippen molar-refractivity contribution in [3.8, 4) is 0 Å². The summed E-state index contributed by atoms with van der Waals surface area (Å²) in [5.41, 5.74) is 2.75. The lowest BCUT2D eigenvalue weighted by molar-refractivity contribution is 0.164. The van der Waals surface area contributed by atoms with Crippen molar-refractivity contribution in [3.63, 3.8) is 0 Å². The fourth-order valence-electron chi connectivity index (χ4n) is 2.52. The molecule has 90 valence electrons. The minimum atomic E-state index is 0.390. The van der Waals surface area contributed by atoms with Crippen molar-refractivity contribution in [2.75, 3.05) is 13.7 Å². The molecule has 1 aromatic rings. The molecule has 0 aromatic carbocycles. The Morgan fingerprint density at radius 2 is 2.50 bits per heavy atom. The fourth-order valence-corrected chi connectivity index (χ4v) is 2.52. The van der Waals surface area contributed by atoms with Crippen LogP contribution >= 0.6 is 0 Å². The van der Waals surface area contributed by atoms with Crippen molar-refractivity contribution in [1.29, 1.82) is 0 Å². The molecule has 0 saturated carbocycles. The minimum Gasteiger partial charge on any atom is -0.383 e. The quantitative estimate of drug-likeness (QED) is 0.839. The van der Waals surface area contributed by atoms with Gasteiger partial charge in [0.1, 0.15) is 0 Å². The summed E-state index contributed by atoms with van der Waals surface area (Å²) in [6.45, 7) is 2.92. The highest BCUT2D eigenvalue weighted by Crippen LogP contribution is 2.29. The largest absolute Gasteiger partial charge is 0.383 e. The summed E-state index contributed by atoms with van der Waals surface area (Å²) < 4.78 is 7.16. The lowest BCUT2D eigenvalue weighted by Crippen LogP contribution is -2.35. The van der Waals surface area contributed by atoms with Crippen molar-refractivity contribution in [1.82, 2.24) is 15.1 Å². The molecule has 1 aliphatic rings. The van der Waals surface area contributed by atoms with E-state index in [0.717, 1.165) is 13.0 Å². The second kappa shape index (κ2) is 4.97. The van der Waals surface area contributed by atoms with E-state index in [2.05, 4.69) is 17.3 Å². The van der Waals surface area contributed by atoms with Crippen LogP contribution < -0.4 is 5.32 Å². The molecule has 0 spiro atoms. The summed E-state index contributed by atoms with van der Waals surface area (Å²) in [6, 6.07) is 0.837. The van der Waals surface area contributed by atoms with E-state index >= 15 is 0 Å². The van der Waals surface area contributed by atoms with Crippen molar-refractivity contribution >= 4 is 0 Å². The number of methoxy groups -OCH3 is 1. The number of hydrogen-bond donors (Lipinski definition) is 1. The lowest BCUT2D eigenvalue weighted by atomic mass is 9.92. The first-order valence-electron chi connectivity index (χ1n) is 5.98. The molecule has 1 heterocycles. The molecule has 0 amide bonds. The predicted molar refractivity (Wildman–Crippen MR) is 63.4 cm³/mol. The zero-order chi connectivity index (χ0) is 11.5. The minimum absolute atomic E-state index is 0.390. The Labute approximate surface area is 97.0 Å². The van der Waals surface area contributed by atoms with Crippen LogP contribution in [-0.4, -0.2) is 29.5 Å². The number of nitrogens with one attached hydrogen (secondary N) is 1. The Morgan fingerprint density at radius 1 is 1.69 bits per heavy atom. The third-order valence-corrected chi connectivity index (χ3v) is 3.28. The van der Waals surface area contributed by atoms with Gasteiger partial charge in [0, 0.05) is 37.5 Å². The second-order valence-electron chi connectivity index (χ2n) is 4.64. The van der Waals surface area contributed by atoms with E-state index in [-0.39, 0.29) is 0 Å². The van der Waals surface area contributed by atoms with Gasteiger partial charge in [-0.05, 0) is 26.2 Å². The van der Waals surface area contributed by atoms with E-state index in [1.165, 1.54) is 24.1 Å². The number of aryl methyl sites for hydroxylation is 1. The van der Waals surface area contributed by atoms with Crippen LogP contribution in [0.25, 0.3) is 0 Å². The van der Waals surface area contributed by atoms with Crippen LogP contribution in [0, 0.1) is 0 Å². The second-order valence-corrected chi connectivity index (χ2v) is 4.64. The summed E-state index contributed by atoms with van der Waals surface area (Å²) >= 11 is 0. The van der Waals surface area contributed by atoms with Gasteiger partial charge in [-0.15, -0.1) is 0 Å². The van der Waals surface area contributed by atoms with Crippen LogP contribution in [0.2, 0.25) is 0 Å². The molecule has 4 nitrogen and oxygen atoms in total. The van der Waals surface area contributed by atoms with Crippen molar-refractivity contribution in [2.24, 2.45) is 7.05 Å². The van der Waals surface area contributed by atoms with E-state index in [4.69, 9.17) is 4.74 Å². The van der Waals surface area contributed by atoms with Crippen molar-refractivity contribution < 1.29 is 4.74 Å². The molecule has 16 heavy (non-hydrogen) atoms. The standard InChI is InChI=1S/C12H21N3O/c1-9(8-16-3)14-11-5-4-6-12-10(11)7-13-15(12)2/h7,9,11,14H,4-6,8H2,1-3H3. The van der Waals surface area contributed by atoms with E-state index in [9.17, 15) is 0 Å². The van der Waals surface area contributed by atoms with Gasteiger partial charge in [-0.1, -0.05) is 0 Å². The Bertz CT molecular complexity index is 348. The number of rotatable bonds is 4. The smallest absolute Gasteiger partial charge is 0.0613 e. The number of aromatic nitrogens is 2. The van der Waals surface area contributed by atoms with Gasteiger partial charge in [-0.2, -0.15) is 5.10 Å². The van der Waals surface area contributed by atoms with Gasteiger partial charge in [0.2, 0.25) is 0 Å². The molecular weight excluding hydrogens is 202 g/mol. The molecule has 2 rings (SSSR count). The number of hydrogen-bond acceptors (Lipinski definition) is 3. The van der Waals surface area contributed by atoms with Crippen LogP contribution in [0.5, 0.6) is 0 Å². The van der Waals surface area contributed by atoms with Gasteiger partial charge in [0.15, 0.2) is 0 Å². The Balaban J connectivity index is 2.07. The molecule has 0 fully saturated rings. The number of fused-ring (bicyclic) bond motifs is 1. The summed E-state index contributed by atoms with van der Waals surface area (Å²) in [5.74, 6) is 0. The normalized spacial score (nSPS) is 21.8. The van der Waals surface area contributed by atoms with Crippen LogP contribution in [0.4, 0.5) is 0 Å². The molecule has 4 heteroatoms. The first kappa shape index (κ1) is 11.6. The summed E-state index contributed by atoms with van der Waals surface area (Å²) in [5, 5.41) is 7.96. The van der Waals surface area contributed by atoms with E-state index in [0.29, 0.717) is 12.1 Å². The van der Waals surface area contributed by atoms with Gasteiger partial charge in [-0.3, -0.25) is 4.68 Å². The van der Waals surface area contributed by atoms with Gasteiger partial charge >= 0.3 is 0 Å². The maximum absolute atomic E-state index is 5.16. The SMILES string of the molecule is COCC(C)NC1CCCc2c1cnn2C. The van der Waals surface area contributed by atoms with Gasteiger partial charge in [-0.25, -0.2) is 0 Å². The zero-order valence-corrected chi connectivity index (χ0v) is 10.4. The van der Waals surface area contributed by atoms with Crippen LogP contribution in [-0.2, 0) is 18.2 Å². The summed E-state index contributed by atoms with van der Waals surface area (Å²) in [4.78, 5) is 0. The molecule has 1 N–H and O–H groups in total. The first-order chi connectivity index (χ1) is 7.72. The predicted octanol–water partition coefficient (Wildman–Crippen LogP) is 1.42. The third-order valence-electron chi connectivity index (χ3n) is 3.28. The molecule has 1 aliphatic carbocycles. The van der Waals surface area contributed by atoms with Gasteiger partial charge < -0.3 is 10.1 Å². The topological polar surface area (TPSA) is 39.1 Å². The highest BCUT2D eigenvalue weighted by molar-refractivity contribution is 5.24. The molecule has 0 bridgehead atoms. The molecule has 1 aromatic heterocycles. The first-order valence-corrected chi connectivity index (χ1v) is 5.98. The van der Waals surface area contributed by atoms with E-state index in [1.807, 2.05) is 17.9 Å². The average molecular weight is 223 g/mol. The Kier molecular flexibility index (Phi) is 3.61. The maximum Gasteiger partial charge on any atom is 0.0613 e. The molecule has 2 unspecified atom stereocenters. The molecular formula is C12H21N3O. The highest BCUT2D eigenvalue weighted by Gasteiger charge is 2.24. The molecule has 2 atom stereocenters. The lowest BCUT2D eigenvalue weighted by Gasteiger charge is -2.26. The molecule has 0 saturated heterocycles. The Morgan fingerprint density at radius 3 is 3.25 bits per heavy atom. The zero-order valence-electron chi connectivity index (χ0n) is 10.4. The molecule has 0 aliphatic heterocycles. The number of ether oxygens (including phenoxy) is 1. The monoisotopic (exact) mass is 223 g/mol. The third kappa shape index (κ3) is 2.28. The molecule has 0 radical (unpaired) electrons. The van der Waals surface area contributed by atoms with Crippen LogP contribution in [0.3, 0.4) is 0 Å². The highest BCUT2D eigenvalue weighted by atomic mass is 16.5. The van der Waals surface area contributed by atoms with E-state index in [1.54, 1.807) is 7.11 Å². The van der Waals surface area contributed by atoms with E-state index < -0.39 is 0 Å². The summed E-state index contributed by atoms with van der Waals surface area (Å²) in [7, 11) is 3.77. The van der Waals surface area contributed by atoms with Crippen molar-refractivity contribution in [2.45, 2.75) is 38.3 Å². The summed E-state index contributed by atoms with van der Waals surface area (Å²) in [6.07, 6.45) is 5.60. The fraction of sp³-hybridized carbons (Fsp3) is 0.750. The van der Waals surface area contributed by atoms with Crippen LogP contribution in [0.15, 0.2) is 6.20 Å². The maximum atomic E-state index is 5.16. The Hall–Kier alpha value is -0.870. The van der Waals surface area contributed by atoms with Gasteiger partial charge in [0.05, 0.1) is 12.8 Å². The average Bonchev–Trinajstić information content (AvgIpc) is 2.62. The van der Waals surface area contributed by atoms with Crippen LogP contribution in [0.1, 0.15) is 37.1 Å². The van der Waals surface area contributed by atoms with Gasteiger partial charge in [0.25, 0.3) is 0 Å². The number of nitrogens with zero attached hydrogens (tertiary/aromatic N) is 2.